The molecule has 0 bridgehead atoms. The van der Waals surface area contributed by atoms with Crippen molar-refractivity contribution in [1.82, 2.24) is 10.3 Å². The summed E-state index contributed by atoms with van der Waals surface area (Å²) >= 11 is 0. The van der Waals surface area contributed by atoms with Gasteiger partial charge in [0.25, 0.3) is 0 Å². The molecule has 0 aliphatic heterocycles. The fourth-order valence-electron chi connectivity index (χ4n) is 2.64. The van der Waals surface area contributed by atoms with Gasteiger partial charge in [0.15, 0.2) is 6.29 Å². The van der Waals surface area contributed by atoms with E-state index in [1.807, 2.05) is 0 Å². The van der Waals surface area contributed by atoms with Crippen LogP contribution in [0.1, 0.15) is 22.9 Å². The molecule has 2 rings (SSSR count). The number of hydrogen-bond donors (Lipinski definition) is 2. The normalized spacial score (nSPS) is 14.1. The Labute approximate surface area is 156 Å². The standard InChI is InChI=1S/C17H18F6N2O3/c1-27-14(28-2)8-24-7-12(26)10-6-13(17(21,22)23)25-15-9(10)4-3-5-11(15)16(18,19)20/h3-6,12,14,24,26H,7-8H2,1-2H3. The van der Waals surface area contributed by atoms with Gasteiger partial charge < -0.3 is 19.9 Å². The van der Waals surface area contributed by atoms with Crippen LogP contribution in [-0.2, 0) is 21.8 Å². The van der Waals surface area contributed by atoms with Crippen molar-refractivity contribution < 1.29 is 40.9 Å². The number of benzene rings is 1. The zero-order valence-electron chi connectivity index (χ0n) is 14.9. The zero-order chi connectivity index (χ0) is 21.1. The number of ether oxygens (including phenoxy) is 2. The van der Waals surface area contributed by atoms with Crippen molar-refractivity contribution in [2.45, 2.75) is 24.7 Å². The molecule has 1 unspecified atom stereocenters. The van der Waals surface area contributed by atoms with E-state index in [1.165, 1.54) is 20.3 Å². The number of nitrogens with one attached hydrogen (secondary N) is 1. The number of aliphatic hydroxyl groups excluding tert-OH is 1. The summed E-state index contributed by atoms with van der Waals surface area (Å²) in [5.41, 5.74) is -4.01. The minimum Gasteiger partial charge on any atom is -0.387 e. The van der Waals surface area contributed by atoms with Gasteiger partial charge in [-0.05, 0) is 17.7 Å². The van der Waals surface area contributed by atoms with Crippen LogP contribution in [0, 0.1) is 0 Å². The lowest BCUT2D eigenvalue weighted by atomic mass is 9.99. The summed E-state index contributed by atoms with van der Waals surface area (Å²) in [5.74, 6) is 0. The largest absolute Gasteiger partial charge is 0.433 e. The van der Waals surface area contributed by atoms with Crippen LogP contribution in [0.4, 0.5) is 26.3 Å². The zero-order valence-corrected chi connectivity index (χ0v) is 14.9. The number of methoxy groups -OCH3 is 2. The Morgan fingerprint density at radius 2 is 1.68 bits per heavy atom. The molecule has 5 nitrogen and oxygen atoms in total. The Balaban J connectivity index is 2.49. The molecule has 156 valence electrons. The molecule has 28 heavy (non-hydrogen) atoms. The van der Waals surface area contributed by atoms with E-state index in [0.717, 1.165) is 6.07 Å². The molecule has 1 aromatic carbocycles. The molecule has 0 saturated carbocycles. The molecular formula is C17H18F6N2O3. The van der Waals surface area contributed by atoms with Crippen molar-refractivity contribution in [2.75, 3.05) is 27.3 Å². The number of aromatic nitrogens is 1. The maximum absolute atomic E-state index is 13.2. The second kappa shape index (κ2) is 8.60. The third-order valence-electron chi connectivity index (χ3n) is 4.00. The van der Waals surface area contributed by atoms with Gasteiger partial charge in [-0.25, -0.2) is 4.98 Å². The van der Waals surface area contributed by atoms with E-state index < -0.39 is 41.5 Å². The first kappa shape index (κ1) is 22.3. The van der Waals surface area contributed by atoms with Crippen LogP contribution in [-0.4, -0.2) is 43.7 Å². The van der Waals surface area contributed by atoms with Crippen LogP contribution in [0.2, 0.25) is 0 Å². The first-order valence-corrected chi connectivity index (χ1v) is 8.01. The van der Waals surface area contributed by atoms with E-state index in [1.54, 1.807) is 0 Å². The van der Waals surface area contributed by atoms with E-state index in [4.69, 9.17) is 9.47 Å². The maximum Gasteiger partial charge on any atom is 0.433 e. The Bertz CT molecular complexity index is 806. The van der Waals surface area contributed by atoms with Crippen molar-refractivity contribution in [2.24, 2.45) is 0 Å². The van der Waals surface area contributed by atoms with Crippen LogP contribution in [0.3, 0.4) is 0 Å². The van der Waals surface area contributed by atoms with Crippen molar-refractivity contribution in [3.05, 3.63) is 41.1 Å². The average Bonchev–Trinajstić information content (AvgIpc) is 2.62. The first-order valence-electron chi connectivity index (χ1n) is 8.01. The van der Waals surface area contributed by atoms with Gasteiger partial charge in [0.2, 0.25) is 0 Å². The summed E-state index contributed by atoms with van der Waals surface area (Å²) in [6.07, 6.45) is -12.1. The van der Waals surface area contributed by atoms with Gasteiger partial charge >= 0.3 is 12.4 Å². The summed E-state index contributed by atoms with van der Waals surface area (Å²) < 4.78 is 89.0. The van der Waals surface area contributed by atoms with Crippen LogP contribution in [0.5, 0.6) is 0 Å². The predicted molar refractivity (Wildman–Crippen MR) is 87.4 cm³/mol. The van der Waals surface area contributed by atoms with Gasteiger partial charge in [0.1, 0.15) is 5.69 Å². The van der Waals surface area contributed by atoms with Crippen molar-refractivity contribution >= 4 is 10.9 Å². The first-order chi connectivity index (χ1) is 13.0. The highest BCUT2D eigenvalue weighted by atomic mass is 19.4. The number of aliphatic hydroxyl groups is 1. The molecule has 0 aliphatic rings. The van der Waals surface area contributed by atoms with Crippen molar-refractivity contribution in [1.29, 1.82) is 0 Å². The number of pyridine rings is 1. The van der Waals surface area contributed by atoms with E-state index in [0.29, 0.717) is 12.1 Å². The predicted octanol–water partition coefficient (Wildman–Crippen LogP) is 3.51. The second-order valence-electron chi connectivity index (χ2n) is 5.87. The lowest BCUT2D eigenvalue weighted by Crippen LogP contribution is -2.32. The highest BCUT2D eigenvalue weighted by Crippen LogP contribution is 2.38. The van der Waals surface area contributed by atoms with Gasteiger partial charge in [-0.2, -0.15) is 26.3 Å². The van der Waals surface area contributed by atoms with Crippen LogP contribution >= 0.6 is 0 Å². The molecule has 1 aromatic heterocycles. The summed E-state index contributed by atoms with van der Waals surface area (Å²) in [4.78, 5) is 3.17. The fourth-order valence-corrected chi connectivity index (χ4v) is 2.64. The number of fused-ring (bicyclic) bond motifs is 1. The molecule has 1 heterocycles. The minimum atomic E-state index is -4.98. The van der Waals surface area contributed by atoms with Crippen LogP contribution in [0.25, 0.3) is 10.9 Å². The van der Waals surface area contributed by atoms with E-state index in [2.05, 4.69) is 10.3 Å². The third kappa shape index (κ3) is 5.10. The monoisotopic (exact) mass is 412 g/mol. The summed E-state index contributed by atoms with van der Waals surface area (Å²) in [6, 6.07) is 3.43. The summed E-state index contributed by atoms with van der Waals surface area (Å²) in [5, 5.41) is 12.9. The van der Waals surface area contributed by atoms with E-state index in [-0.39, 0.29) is 24.0 Å². The Morgan fingerprint density at radius 3 is 2.21 bits per heavy atom. The van der Waals surface area contributed by atoms with Gasteiger partial charge in [0.05, 0.1) is 17.2 Å². The fraction of sp³-hybridized carbons (Fsp3) is 0.471. The molecule has 0 radical (unpaired) electrons. The average molecular weight is 412 g/mol. The quantitative estimate of drug-likeness (QED) is 0.538. The highest BCUT2D eigenvalue weighted by molar-refractivity contribution is 5.86. The van der Waals surface area contributed by atoms with Gasteiger partial charge in [-0.1, -0.05) is 12.1 Å². The molecule has 1 atom stereocenters. The Morgan fingerprint density at radius 1 is 1.04 bits per heavy atom. The molecule has 0 amide bonds. The van der Waals surface area contributed by atoms with Crippen LogP contribution < -0.4 is 5.32 Å². The number of para-hydroxylation sites is 1. The topological polar surface area (TPSA) is 63.6 Å². The molecule has 2 aromatic rings. The molecule has 11 heteroatoms. The lowest BCUT2D eigenvalue weighted by Gasteiger charge is -2.20. The molecule has 0 spiro atoms. The van der Waals surface area contributed by atoms with E-state index >= 15 is 0 Å². The third-order valence-corrected chi connectivity index (χ3v) is 4.00. The number of alkyl halides is 6. The Kier molecular flexibility index (Phi) is 6.86. The molecule has 2 N–H and O–H groups in total. The molecular weight excluding hydrogens is 394 g/mol. The summed E-state index contributed by atoms with van der Waals surface area (Å²) in [7, 11) is 2.74. The SMILES string of the molecule is COC(CNCC(O)c1cc(C(F)(F)F)nc2c(C(F)(F)F)cccc12)OC. The number of hydrogen-bond acceptors (Lipinski definition) is 5. The maximum atomic E-state index is 13.2. The molecule has 0 aliphatic carbocycles. The van der Waals surface area contributed by atoms with Gasteiger partial charge in [-0.3, -0.25) is 0 Å². The smallest absolute Gasteiger partial charge is 0.387 e. The molecule has 0 saturated heterocycles. The second-order valence-corrected chi connectivity index (χ2v) is 5.87. The number of rotatable bonds is 7. The van der Waals surface area contributed by atoms with Gasteiger partial charge in [0, 0.05) is 32.7 Å². The number of nitrogens with zero attached hydrogens (tertiary/aromatic N) is 1. The van der Waals surface area contributed by atoms with Crippen molar-refractivity contribution in [3.8, 4) is 0 Å². The Hall–Kier alpha value is -1.95. The van der Waals surface area contributed by atoms with Gasteiger partial charge in [-0.15, -0.1) is 0 Å². The summed E-state index contributed by atoms with van der Waals surface area (Å²) in [6.45, 7) is -0.136. The van der Waals surface area contributed by atoms with Crippen LogP contribution in [0.15, 0.2) is 24.3 Å². The van der Waals surface area contributed by atoms with E-state index in [9.17, 15) is 31.4 Å². The molecule has 0 fully saturated rings. The number of halogens is 6. The highest BCUT2D eigenvalue weighted by Gasteiger charge is 2.37. The minimum absolute atomic E-state index is 0.104. The lowest BCUT2D eigenvalue weighted by molar-refractivity contribution is -0.142. The van der Waals surface area contributed by atoms with Crippen molar-refractivity contribution in [3.63, 3.8) is 0 Å².